The number of imidazole rings is 1. The summed E-state index contributed by atoms with van der Waals surface area (Å²) < 4.78 is 2.21. The van der Waals surface area contributed by atoms with Crippen molar-refractivity contribution in [2.24, 2.45) is 0 Å². The molecule has 0 aliphatic carbocycles. The lowest BCUT2D eigenvalue weighted by Gasteiger charge is -2.13. The number of nitrogens with zero attached hydrogens (tertiary/aromatic N) is 2. The van der Waals surface area contributed by atoms with Crippen LogP contribution in [0.15, 0.2) is 91.1 Å². The van der Waals surface area contributed by atoms with Gasteiger partial charge < -0.3 is 0 Å². The molecule has 0 aliphatic rings. The van der Waals surface area contributed by atoms with Crippen molar-refractivity contribution >= 4 is 17.3 Å². The molecule has 214 valence electrons. The highest BCUT2D eigenvalue weighted by Crippen LogP contribution is 2.28. The van der Waals surface area contributed by atoms with E-state index in [1.807, 2.05) is 93.5 Å². The first-order valence-corrected chi connectivity index (χ1v) is 14.4. The van der Waals surface area contributed by atoms with Gasteiger partial charge >= 0.3 is 0 Å². The lowest BCUT2D eigenvalue weighted by Crippen LogP contribution is -2.03. The number of allylic oxidation sites excluding steroid dienone is 14. The van der Waals surface area contributed by atoms with E-state index in [2.05, 4.69) is 82.4 Å². The quantitative estimate of drug-likeness (QED) is 0.280. The molecule has 0 bridgehead atoms. The highest BCUT2D eigenvalue weighted by molar-refractivity contribution is 5.76. The maximum atomic E-state index is 4.93. The average molecular weight is 521 g/mol. The van der Waals surface area contributed by atoms with Crippen molar-refractivity contribution < 1.29 is 0 Å². The van der Waals surface area contributed by atoms with E-state index in [1.54, 1.807) is 6.08 Å². The lowest BCUT2D eigenvalue weighted by molar-refractivity contribution is 1.03. The standard InChI is InChI=1S/C28H36N2.4C2H6/c1-10-15-16-18-22(8)30-27(17-11-2)23(9)29-28(30)26(14-5)20-25(13-4)24(12-3)19-21(6)7;4*1-2/h10-12,14-20H,1,3,6,13H2,2,4-5,7-9H3;4*1-2H3/b16-15-,17-11-,22-18+,24-19+,25-20+,26-14+;;;;. The Morgan fingerprint density at radius 1 is 0.895 bits per heavy atom. The fraction of sp³-hybridized carbons (Fsp3) is 0.417. The van der Waals surface area contributed by atoms with Crippen molar-refractivity contribution in [1.82, 2.24) is 9.55 Å². The zero-order valence-corrected chi connectivity index (χ0v) is 27.5. The SMILES string of the molecule is C=C/C=C\C=C(/C)n1c(C(/C=C(CC)/C(C=C)=C/C(=C)C)=C/C)nc(C)c1/C=C\C.CC.CC.CC.CC. The number of rotatable bonds is 10. The summed E-state index contributed by atoms with van der Waals surface area (Å²) in [6.07, 6.45) is 21.1. The molecule has 0 N–H and O–H groups in total. The Balaban J connectivity index is -0.000000656. The molecule has 0 aliphatic heterocycles. The van der Waals surface area contributed by atoms with Crippen molar-refractivity contribution in [3.8, 4) is 0 Å². The Morgan fingerprint density at radius 3 is 1.84 bits per heavy atom. The summed E-state index contributed by atoms with van der Waals surface area (Å²) >= 11 is 0. The van der Waals surface area contributed by atoms with Gasteiger partial charge in [-0.3, -0.25) is 4.57 Å². The minimum Gasteiger partial charge on any atom is -0.297 e. The van der Waals surface area contributed by atoms with Crippen molar-refractivity contribution in [1.29, 1.82) is 0 Å². The normalized spacial score (nSPS) is 11.7. The molecule has 2 nitrogen and oxygen atoms in total. The zero-order chi connectivity index (χ0) is 30.7. The van der Waals surface area contributed by atoms with Crippen LogP contribution in [0.2, 0.25) is 0 Å². The summed E-state index contributed by atoms with van der Waals surface area (Å²) in [6.45, 7) is 40.1. The Morgan fingerprint density at radius 2 is 1.45 bits per heavy atom. The molecule has 0 saturated carbocycles. The van der Waals surface area contributed by atoms with Gasteiger partial charge in [-0.15, -0.1) is 0 Å². The third-order valence-corrected chi connectivity index (χ3v) is 4.63. The second kappa shape index (κ2) is 28.4. The van der Waals surface area contributed by atoms with Crippen LogP contribution in [0.3, 0.4) is 0 Å². The van der Waals surface area contributed by atoms with Gasteiger partial charge in [0.15, 0.2) is 0 Å². The third-order valence-electron chi connectivity index (χ3n) is 4.63. The predicted octanol–water partition coefficient (Wildman–Crippen LogP) is 12.4. The number of hydrogen-bond donors (Lipinski definition) is 0. The van der Waals surface area contributed by atoms with Gasteiger partial charge in [0.2, 0.25) is 0 Å². The van der Waals surface area contributed by atoms with Gasteiger partial charge in [0.25, 0.3) is 0 Å². The first-order chi connectivity index (χ1) is 18.3. The van der Waals surface area contributed by atoms with Crippen LogP contribution in [0.5, 0.6) is 0 Å². The minimum absolute atomic E-state index is 0.890. The third kappa shape index (κ3) is 15.2. The van der Waals surface area contributed by atoms with Crippen LogP contribution >= 0.6 is 0 Å². The molecule has 0 atom stereocenters. The average Bonchev–Trinajstić information content (AvgIpc) is 3.28. The lowest BCUT2D eigenvalue weighted by atomic mass is 9.98. The fourth-order valence-corrected chi connectivity index (χ4v) is 3.20. The molecule has 0 unspecified atom stereocenters. The largest absolute Gasteiger partial charge is 0.297 e. The Hall–Kier alpha value is -3.13. The maximum absolute atomic E-state index is 4.93. The van der Waals surface area contributed by atoms with E-state index in [0.717, 1.165) is 46.0 Å². The molecule has 0 radical (unpaired) electrons. The molecular weight excluding hydrogens is 460 g/mol. The summed E-state index contributed by atoms with van der Waals surface area (Å²) in [6, 6.07) is 0. The summed E-state index contributed by atoms with van der Waals surface area (Å²) in [5, 5.41) is 0. The van der Waals surface area contributed by atoms with Gasteiger partial charge in [-0.25, -0.2) is 4.98 Å². The molecule has 0 fully saturated rings. The van der Waals surface area contributed by atoms with Crippen molar-refractivity contribution in [3.05, 3.63) is 108 Å². The van der Waals surface area contributed by atoms with E-state index in [-0.39, 0.29) is 0 Å². The van der Waals surface area contributed by atoms with Crippen molar-refractivity contribution in [2.75, 3.05) is 0 Å². The van der Waals surface area contributed by atoms with Gasteiger partial charge in [-0.2, -0.15) is 0 Å². The van der Waals surface area contributed by atoms with Crippen LogP contribution < -0.4 is 0 Å². The topological polar surface area (TPSA) is 17.8 Å². The van der Waals surface area contributed by atoms with E-state index in [9.17, 15) is 0 Å². The van der Waals surface area contributed by atoms with Crippen molar-refractivity contribution in [3.63, 3.8) is 0 Å². The monoisotopic (exact) mass is 520 g/mol. The van der Waals surface area contributed by atoms with Gasteiger partial charge in [0.1, 0.15) is 5.82 Å². The van der Waals surface area contributed by atoms with Gasteiger partial charge in [-0.1, -0.05) is 130 Å². The highest BCUT2D eigenvalue weighted by atomic mass is 15.1. The molecule has 2 heteroatoms. The van der Waals surface area contributed by atoms with E-state index < -0.39 is 0 Å². The summed E-state index contributed by atoms with van der Waals surface area (Å²) in [7, 11) is 0. The molecule has 0 spiro atoms. The number of aryl methyl sites for hydroxylation is 1. The van der Waals surface area contributed by atoms with E-state index >= 15 is 0 Å². The summed E-state index contributed by atoms with van der Waals surface area (Å²) in [5.74, 6) is 0.925. The summed E-state index contributed by atoms with van der Waals surface area (Å²) in [5.41, 5.74) is 7.54. The molecule has 0 amide bonds. The molecule has 38 heavy (non-hydrogen) atoms. The Bertz CT molecular complexity index is 967. The van der Waals surface area contributed by atoms with Crippen LogP contribution in [-0.4, -0.2) is 9.55 Å². The van der Waals surface area contributed by atoms with Gasteiger partial charge in [-0.05, 0) is 70.4 Å². The van der Waals surface area contributed by atoms with Crippen LogP contribution in [0.4, 0.5) is 0 Å². The number of hydrogen-bond acceptors (Lipinski definition) is 1. The second-order valence-corrected chi connectivity index (χ2v) is 7.09. The highest BCUT2D eigenvalue weighted by Gasteiger charge is 2.16. The van der Waals surface area contributed by atoms with Crippen LogP contribution in [0.1, 0.15) is 114 Å². The molecule has 1 aromatic heterocycles. The predicted molar refractivity (Wildman–Crippen MR) is 181 cm³/mol. The molecule has 1 rings (SSSR count). The first kappa shape index (κ1) is 42.0. The zero-order valence-electron chi connectivity index (χ0n) is 27.5. The van der Waals surface area contributed by atoms with Crippen LogP contribution in [-0.2, 0) is 0 Å². The van der Waals surface area contributed by atoms with Crippen LogP contribution in [0, 0.1) is 6.92 Å². The van der Waals surface area contributed by atoms with Crippen molar-refractivity contribution in [2.45, 2.75) is 103 Å². The minimum atomic E-state index is 0.890. The molecule has 1 aromatic rings. The van der Waals surface area contributed by atoms with E-state index in [0.29, 0.717) is 0 Å². The fourth-order valence-electron chi connectivity index (χ4n) is 3.20. The van der Waals surface area contributed by atoms with Gasteiger partial charge in [0, 0.05) is 11.3 Å². The first-order valence-electron chi connectivity index (χ1n) is 14.4. The number of aromatic nitrogens is 2. The smallest absolute Gasteiger partial charge is 0.144 e. The molecule has 0 aromatic carbocycles. The Kier molecular flexibility index (Phi) is 31.4. The van der Waals surface area contributed by atoms with Crippen LogP contribution in [0.25, 0.3) is 17.3 Å². The molecular formula is C36H60N2. The van der Waals surface area contributed by atoms with E-state index in [1.165, 1.54) is 5.57 Å². The maximum Gasteiger partial charge on any atom is 0.144 e. The Labute approximate surface area is 238 Å². The van der Waals surface area contributed by atoms with E-state index in [4.69, 9.17) is 4.98 Å². The molecule has 0 saturated heterocycles. The molecule has 1 heterocycles. The second-order valence-electron chi connectivity index (χ2n) is 7.09. The van der Waals surface area contributed by atoms with Gasteiger partial charge in [0.05, 0.1) is 11.4 Å². The summed E-state index contributed by atoms with van der Waals surface area (Å²) in [4.78, 5) is 4.93.